The van der Waals surface area contributed by atoms with Crippen LogP contribution in [0.3, 0.4) is 0 Å². The van der Waals surface area contributed by atoms with E-state index in [1.807, 2.05) is 36.1 Å². The van der Waals surface area contributed by atoms with E-state index in [0.29, 0.717) is 65.7 Å². The third-order valence-electron chi connectivity index (χ3n) is 10.8. The van der Waals surface area contributed by atoms with Crippen LogP contribution in [0, 0.1) is 47.4 Å². The first-order valence-electron chi connectivity index (χ1n) is 16.0. The predicted octanol–water partition coefficient (Wildman–Crippen LogP) is 5.80. The maximum absolute atomic E-state index is 14.4. The topological polar surface area (TPSA) is 89.6 Å². The molecule has 3 aliphatic carbocycles. The number of halogens is 1. The summed E-state index contributed by atoms with van der Waals surface area (Å²) in [6.45, 7) is 14.9. The fraction of sp³-hybridized carbons (Fsp3) is 0.543. The molecule has 2 bridgehead atoms. The van der Waals surface area contributed by atoms with E-state index in [1.165, 1.54) is 12.5 Å². The van der Waals surface area contributed by atoms with Crippen LogP contribution in [-0.2, 0) is 13.0 Å². The molecule has 3 saturated carbocycles. The van der Waals surface area contributed by atoms with Gasteiger partial charge in [-0.3, -0.25) is 9.36 Å². The zero-order chi connectivity index (χ0) is 31.3. The van der Waals surface area contributed by atoms with Crippen LogP contribution in [0.2, 0.25) is 0 Å². The number of benzene rings is 2. The van der Waals surface area contributed by atoms with E-state index in [1.54, 1.807) is 17.0 Å². The highest BCUT2D eigenvalue weighted by Crippen LogP contribution is 2.61. The SMILES string of the molecule is Cc1ccc(CCn2cnc3cc(NC(=N[C@H]4C[C@@H]5C[C@H]([C@@H]4C)C5(C)C)N4C[C@@H](C)N(C#N)[C@@H](C)C4)ccc3c2=O)c(F)c1. The molecule has 8 nitrogen and oxygen atoms in total. The van der Waals surface area contributed by atoms with E-state index in [0.717, 1.165) is 23.6 Å². The van der Waals surface area contributed by atoms with Crippen molar-refractivity contribution < 1.29 is 4.39 Å². The Hall–Kier alpha value is -3.93. The van der Waals surface area contributed by atoms with Crippen molar-refractivity contribution in [1.29, 1.82) is 5.26 Å². The molecule has 1 saturated heterocycles. The molecular weight excluding hydrogens is 553 g/mol. The number of guanidine groups is 1. The van der Waals surface area contributed by atoms with Gasteiger partial charge in [-0.1, -0.05) is 32.9 Å². The number of hydrogen-bond acceptors (Lipinski definition) is 5. The summed E-state index contributed by atoms with van der Waals surface area (Å²) in [4.78, 5) is 27.5. The maximum atomic E-state index is 14.4. The Bertz CT molecular complexity index is 1680. The van der Waals surface area contributed by atoms with Crippen molar-refractivity contribution in [3.05, 3.63) is 70.0 Å². The second-order valence-electron chi connectivity index (χ2n) is 14.0. The predicted molar refractivity (Wildman–Crippen MR) is 173 cm³/mol. The molecule has 0 amide bonds. The van der Waals surface area contributed by atoms with Gasteiger partial charge in [0.25, 0.3) is 5.56 Å². The Balaban J connectivity index is 1.26. The van der Waals surface area contributed by atoms with Crippen molar-refractivity contribution in [1.82, 2.24) is 19.4 Å². The fourth-order valence-electron chi connectivity index (χ4n) is 7.96. The second-order valence-corrected chi connectivity index (χ2v) is 14.0. The first kappa shape index (κ1) is 30.1. The Morgan fingerprint density at radius 2 is 1.89 bits per heavy atom. The van der Waals surface area contributed by atoms with Gasteiger partial charge in [0.1, 0.15) is 5.82 Å². The number of hydrogen-bond donors (Lipinski definition) is 1. The van der Waals surface area contributed by atoms with Gasteiger partial charge in [-0.2, -0.15) is 5.26 Å². The average molecular weight is 598 g/mol. The van der Waals surface area contributed by atoms with Crippen LogP contribution >= 0.6 is 0 Å². The normalized spacial score (nSPS) is 28.0. The van der Waals surface area contributed by atoms with Gasteiger partial charge in [0.2, 0.25) is 0 Å². The number of nitriles is 1. The lowest BCUT2D eigenvalue weighted by Gasteiger charge is -2.61. The highest BCUT2D eigenvalue weighted by molar-refractivity contribution is 5.96. The highest BCUT2D eigenvalue weighted by atomic mass is 19.1. The smallest absolute Gasteiger partial charge is 0.261 e. The lowest BCUT2D eigenvalue weighted by molar-refractivity contribution is -0.108. The summed E-state index contributed by atoms with van der Waals surface area (Å²) in [5.74, 6) is 2.44. The first-order valence-corrected chi connectivity index (χ1v) is 16.0. The fourth-order valence-corrected chi connectivity index (χ4v) is 7.96. The monoisotopic (exact) mass is 597 g/mol. The highest BCUT2D eigenvalue weighted by Gasteiger charge is 2.56. The van der Waals surface area contributed by atoms with Crippen molar-refractivity contribution in [2.45, 2.75) is 85.5 Å². The number of nitrogens with zero attached hydrogens (tertiary/aromatic N) is 6. The van der Waals surface area contributed by atoms with Crippen LogP contribution in [0.1, 0.15) is 58.6 Å². The lowest BCUT2D eigenvalue weighted by Crippen LogP contribution is -2.59. The minimum Gasteiger partial charge on any atom is -0.339 e. The molecule has 4 fully saturated rings. The van der Waals surface area contributed by atoms with E-state index >= 15 is 0 Å². The minimum absolute atomic E-state index is 0.0667. The van der Waals surface area contributed by atoms with Crippen LogP contribution in [0.4, 0.5) is 10.1 Å². The molecule has 1 aliphatic heterocycles. The molecule has 6 atom stereocenters. The average Bonchev–Trinajstić information content (AvgIpc) is 2.97. The Kier molecular flexibility index (Phi) is 7.89. The van der Waals surface area contributed by atoms with Gasteiger partial charge in [-0.15, -0.1) is 0 Å². The van der Waals surface area contributed by atoms with Crippen LogP contribution in [0.5, 0.6) is 0 Å². The number of piperazine rings is 1. The number of aryl methyl sites for hydroxylation is 3. The van der Waals surface area contributed by atoms with Gasteiger partial charge in [0, 0.05) is 25.3 Å². The number of nitrogens with one attached hydrogen (secondary N) is 1. The number of aromatic nitrogens is 2. The molecule has 2 aromatic carbocycles. The van der Waals surface area contributed by atoms with Gasteiger partial charge < -0.3 is 15.1 Å². The molecule has 2 heterocycles. The Morgan fingerprint density at radius 1 is 1.14 bits per heavy atom. The van der Waals surface area contributed by atoms with Crippen molar-refractivity contribution in [2.75, 3.05) is 18.4 Å². The number of aliphatic imine (C=N–C) groups is 1. The summed E-state index contributed by atoms with van der Waals surface area (Å²) in [6, 6.07) is 11.2. The third-order valence-corrected chi connectivity index (χ3v) is 10.8. The number of fused-ring (bicyclic) bond motifs is 3. The summed E-state index contributed by atoms with van der Waals surface area (Å²) in [5, 5.41) is 13.8. The van der Waals surface area contributed by atoms with Crippen molar-refractivity contribution in [3.8, 4) is 6.19 Å². The zero-order valence-electron chi connectivity index (χ0n) is 26.7. The van der Waals surface area contributed by atoms with Crippen LogP contribution < -0.4 is 10.9 Å². The van der Waals surface area contributed by atoms with Gasteiger partial charge in [-0.25, -0.2) is 14.4 Å². The molecule has 0 spiro atoms. The van der Waals surface area contributed by atoms with Crippen molar-refractivity contribution in [2.24, 2.45) is 28.2 Å². The molecule has 232 valence electrons. The largest absolute Gasteiger partial charge is 0.339 e. The van der Waals surface area contributed by atoms with E-state index in [-0.39, 0.29) is 29.5 Å². The molecule has 0 unspecified atom stereocenters. The summed E-state index contributed by atoms with van der Waals surface area (Å²) in [6.07, 6.45) is 6.71. The molecule has 1 aromatic heterocycles. The molecule has 7 rings (SSSR count). The zero-order valence-corrected chi connectivity index (χ0v) is 26.7. The van der Waals surface area contributed by atoms with Crippen LogP contribution in [-0.4, -0.2) is 56.5 Å². The molecule has 1 N–H and O–H groups in total. The molecule has 44 heavy (non-hydrogen) atoms. The first-order chi connectivity index (χ1) is 21.0. The minimum atomic E-state index is -0.249. The summed E-state index contributed by atoms with van der Waals surface area (Å²) < 4.78 is 15.9. The summed E-state index contributed by atoms with van der Waals surface area (Å²) in [5.41, 5.74) is 3.11. The van der Waals surface area contributed by atoms with Gasteiger partial charge >= 0.3 is 0 Å². The summed E-state index contributed by atoms with van der Waals surface area (Å²) >= 11 is 0. The van der Waals surface area contributed by atoms with E-state index in [2.05, 4.69) is 56.0 Å². The molecule has 0 radical (unpaired) electrons. The van der Waals surface area contributed by atoms with E-state index in [9.17, 15) is 14.4 Å². The molecule has 9 heteroatoms. The van der Waals surface area contributed by atoms with Gasteiger partial charge in [-0.05, 0) is 98.6 Å². The Labute approximate surface area is 259 Å². The number of anilines is 1. The maximum Gasteiger partial charge on any atom is 0.261 e. The van der Waals surface area contributed by atoms with Crippen molar-refractivity contribution >= 4 is 22.5 Å². The summed E-state index contributed by atoms with van der Waals surface area (Å²) in [7, 11) is 0. The quantitative estimate of drug-likeness (QED) is 0.227. The van der Waals surface area contributed by atoms with Crippen LogP contribution in [0.25, 0.3) is 10.9 Å². The molecule has 3 aromatic rings. The lowest BCUT2D eigenvalue weighted by atomic mass is 9.45. The van der Waals surface area contributed by atoms with Gasteiger partial charge in [0.15, 0.2) is 12.2 Å². The molecular formula is C35H44FN7O. The second kappa shape index (κ2) is 11.5. The van der Waals surface area contributed by atoms with Crippen LogP contribution in [0.15, 0.2) is 52.5 Å². The van der Waals surface area contributed by atoms with Gasteiger partial charge in [0.05, 0.1) is 35.4 Å². The van der Waals surface area contributed by atoms with Crippen molar-refractivity contribution in [3.63, 3.8) is 0 Å². The number of rotatable bonds is 5. The third kappa shape index (κ3) is 5.44. The Morgan fingerprint density at radius 3 is 2.55 bits per heavy atom. The van der Waals surface area contributed by atoms with E-state index in [4.69, 9.17) is 4.99 Å². The standard InChI is InChI=1S/C35H44FN7O/c1-21-7-8-25(30(36)13-21)11-12-41-20-38-32-16-27(9-10-28(32)33(41)44)39-34(42-17-22(2)43(19-37)23(3)18-42)40-31-15-26-14-29(24(31)4)35(26,5)6/h7-10,13,16,20,22-24,26,29,31H,11-12,14-15,17-18H2,1-6H3,(H,39,40)/t22-,23+,24-,26-,29+,31-/m0/s1. The van der Waals surface area contributed by atoms with E-state index < -0.39 is 0 Å². The molecule has 4 aliphatic rings.